The quantitative estimate of drug-likeness (QED) is 0.241. The highest BCUT2D eigenvalue weighted by molar-refractivity contribution is 5.05. The third kappa shape index (κ3) is 1.22. The van der Waals surface area contributed by atoms with Crippen LogP contribution in [0, 0.1) is 0 Å². The number of azide groups is 1. The van der Waals surface area contributed by atoms with Crippen LogP contribution in [0.25, 0.3) is 10.4 Å². The minimum Gasteiger partial charge on any atom is -0.389 e. The molecular formula is C5H7N3O. The van der Waals surface area contributed by atoms with Crippen molar-refractivity contribution in [2.24, 2.45) is 5.11 Å². The Labute approximate surface area is 52.4 Å². The summed E-state index contributed by atoms with van der Waals surface area (Å²) in [6.07, 6.45) is 3.54. The van der Waals surface area contributed by atoms with Crippen LogP contribution in [0.15, 0.2) is 17.3 Å². The van der Waals surface area contributed by atoms with Crippen LogP contribution < -0.4 is 0 Å². The van der Waals surface area contributed by atoms with Crippen molar-refractivity contribution in [3.05, 3.63) is 22.6 Å². The van der Waals surface area contributed by atoms with E-state index in [1.54, 1.807) is 6.08 Å². The summed E-state index contributed by atoms with van der Waals surface area (Å²) in [7, 11) is 0. The summed E-state index contributed by atoms with van der Waals surface area (Å²) in [4.78, 5) is 2.59. The van der Waals surface area contributed by atoms with E-state index in [1.165, 1.54) is 0 Å². The number of aliphatic hydroxyl groups is 1. The Balaban J connectivity index is 2.55. The average molecular weight is 125 g/mol. The van der Waals surface area contributed by atoms with Gasteiger partial charge in [-0.1, -0.05) is 17.3 Å². The fourth-order valence-corrected chi connectivity index (χ4v) is 0.807. The van der Waals surface area contributed by atoms with E-state index in [1.807, 2.05) is 6.08 Å². The predicted octanol–water partition coefficient (Wildman–Crippen LogP) is 0.986. The normalized spacial score (nSPS) is 32.1. The molecule has 0 saturated carbocycles. The van der Waals surface area contributed by atoms with Crippen LogP contribution in [0.2, 0.25) is 0 Å². The Hall–Kier alpha value is -0.990. The van der Waals surface area contributed by atoms with Gasteiger partial charge in [0.1, 0.15) is 0 Å². The third-order valence-corrected chi connectivity index (χ3v) is 1.31. The van der Waals surface area contributed by atoms with Crippen LogP contribution in [0.3, 0.4) is 0 Å². The lowest BCUT2D eigenvalue weighted by molar-refractivity contribution is 0.202. The summed E-state index contributed by atoms with van der Waals surface area (Å²) in [6.45, 7) is 0. The summed E-state index contributed by atoms with van der Waals surface area (Å²) in [6, 6.07) is -0.269. The topological polar surface area (TPSA) is 69.0 Å². The van der Waals surface area contributed by atoms with Gasteiger partial charge in [0.2, 0.25) is 0 Å². The molecule has 0 saturated heterocycles. The smallest absolute Gasteiger partial charge is 0.0808 e. The molecule has 9 heavy (non-hydrogen) atoms. The second kappa shape index (κ2) is 2.53. The second-order valence-electron chi connectivity index (χ2n) is 1.93. The van der Waals surface area contributed by atoms with Crippen LogP contribution in [0.1, 0.15) is 6.42 Å². The number of nitrogens with zero attached hydrogens (tertiary/aromatic N) is 3. The Morgan fingerprint density at radius 3 is 3.00 bits per heavy atom. The van der Waals surface area contributed by atoms with E-state index < -0.39 is 6.10 Å². The maximum atomic E-state index is 8.97. The molecule has 4 heteroatoms. The van der Waals surface area contributed by atoms with Crippen LogP contribution in [-0.2, 0) is 0 Å². The predicted molar refractivity (Wildman–Crippen MR) is 32.7 cm³/mol. The first-order chi connectivity index (χ1) is 4.34. The third-order valence-electron chi connectivity index (χ3n) is 1.31. The number of hydrogen-bond acceptors (Lipinski definition) is 2. The van der Waals surface area contributed by atoms with Gasteiger partial charge < -0.3 is 5.11 Å². The van der Waals surface area contributed by atoms with Gasteiger partial charge >= 0.3 is 0 Å². The first-order valence-electron chi connectivity index (χ1n) is 2.73. The first-order valence-corrected chi connectivity index (χ1v) is 2.73. The summed E-state index contributed by atoms with van der Waals surface area (Å²) < 4.78 is 0. The van der Waals surface area contributed by atoms with E-state index in [-0.39, 0.29) is 6.04 Å². The van der Waals surface area contributed by atoms with Crippen molar-refractivity contribution in [1.29, 1.82) is 0 Å². The molecule has 0 aromatic rings. The van der Waals surface area contributed by atoms with Crippen molar-refractivity contribution < 1.29 is 5.11 Å². The highest BCUT2D eigenvalue weighted by atomic mass is 16.3. The zero-order valence-corrected chi connectivity index (χ0v) is 4.81. The van der Waals surface area contributed by atoms with Crippen molar-refractivity contribution in [3.63, 3.8) is 0 Å². The van der Waals surface area contributed by atoms with E-state index in [0.717, 1.165) is 0 Å². The minimum atomic E-state index is -0.569. The zero-order valence-electron chi connectivity index (χ0n) is 4.81. The van der Waals surface area contributed by atoms with Gasteiger partial charge in [0.15, 0.2) is 0 Å². The summed E-state index contributed by atoms with van der Waals surface area (Å²) in [5, 5.41) is 12.3. The molecule has 0 aliphatic heterocycles. The van der Waals surface area contributed by atoms with Gasteiger partial charge in [-0.05, 0) is 12.0 Å². The van der Waals surface area contributed by atoms with Gasteiger partial charge in [-0.2, -0.15) is 0 Å². The number of aliphatic hydroxyl groups excluding tert-OH is 1. The van der Waals surface area contributed by atoms with E-state index in [9.17, 15) is 0 Å². The van der Waals surface area contributed by atoms with Crippen LogP contribution >= 0.6 is 0 Å². The summed E-state index contributed by atoms with van der Waals surface area (Å²) in [5.74, 6) is 0. The highest BCUT2D eigenvalue weighted by Crippen LogP contribution is 2.13. The highest BCUT2D eigenvalue weighted by Gasteiger charge is 2.17. The standard InChI is InChI=1S/C5H7N3O/c6-8-7-4-2-1-3-5(4)9/h1,3-5,9H,2H2. The minimum absolute atomic E-state index is 0.269. The second-order valence-corrected chi connectivity index (χ2v) is 1.93. The Morgan fingerprint density at radius 1 is 1.78 bits per heavy atom. The lowest BCUT2D eigenvalue weighted by Gasteiger charge is -2.04. The molecule has 0 bridgehead atoms. The van der Waals surface area contributed by atoms with Gasteiger partial charge in [0.05, 0.1) is 12.1 Å². The zero-order chi connectivity index (χ0) is 6.69. The van der Waals surface area contributed by atoms with Crippen LogP contribution in [-0.4, -0.2) is 17.3 Å². The van der Waals surface area contributed by atoms with Gasteiger partial charge in [0.25, 0.3) is 0 Å². The molecule has 1 rings (SSSR count). The van der Waals surface area contributed by atoms with E-state index >= 15 is 0 Å². The van der Waals surface area contributed by atoms with Crippen LogP contribution in [0.4, 0.5) is 0 Å². The maximum Gasteiger partial charge on any atom is 0.0808 e. The SMILES string of the molecule is [N-]=[N+]=NC1CC=CC1O. The van der Waals surface area contributed by atoms with E-state index in [4.69, 9.17) is 10.6 Å². The Morgan fingerprint density at radius 2 is 2.56 bits per heavy atom. The molecule has 2 unspecified atom stereocenters. The number of rotatable bonds is 1. The molecule has 2 atom stereocenters. The monoisotopic (exact) mass is 125 g/mol. The van der Waals surface area contributed by atoms with Crippen LogP contribution in [0.5, 0.6) is 0 Å². The Bertz CT molecular complexity index is 171. The van der Waals surface area contributed by atoms with Crippen molar-refractivity contribution >= 4 is 0 Å². The fourth-order valence-electron chi connectivity index (χ4n) is 0.807. The lowest BCUT2D eigenvalue weighted by Crippen LogP contribution is -2.15. The molecule has 0 radical (unpaired) electrons. The molecule has 0 aromatic carbocycles. The molecule has 1 aliphatic carbocycles. The van der Waals surface area contributed by atoms with E-state index in [0.29, 0.717) is 6.42 Å². The van der Waals surface area contributed by atoms with Crippen molar-refractivity contribution in [2.75, 3.05) is 0 Å². The number of hydrogen-bond donors (Lipinski definition) is 1. The molecule has 0 amide bonds. The first kappa shape index (κ1) is 6.13. The molecule has 0 fully saturated rings. The summed E-state index contributed by atoms with van der Waals surface area (Å²) in [5.41, 5.74) is 7.96. The van der Waals surface area contributed by atoms with Gasteiger partial charge in [-0.15, -0.1) is 0 Å². The van der Waals surface area contributed by atoms with Crippen molar-refractivity contribution in [2.45, 2.75) is 18.6 Å². The molecular weight excluding hydrogens is 118 g/mol. The van der Waals surface area contributed by atoms with Gasteiger partial charge in [-0.3, -0.25) is 0 Å². The van der Waals surface area contributed by atoms with Crippen molar-refractivity contribution in [3.8, 4) is 0 Å². The molecule has 48 valence electrons. The molecule has 1 aliphatic rings. The Kier molecular flexibility index (Phi) is 1.72. The summed E-state index contributed by atoms with van der Waals surface area (Å²) >= 11 is 0. The maximum absolute atomic E-state index is 8.97. The molecule has 4 nitrogen and oxygen atoms in total. The van der Waals surface area contributed by atoms with Crippen molar-refractivity contribution in [1.82, 2.24) is 0 Å². The lowest BCUT2D eigenvalue weighted by atomic mass is 10.2. The van der Waals surface area contributed by atoms with E-state index in [2.05, 4.69) is 10.0 Å². The average Bonchev–Trinajstić information content (AvgIpc) is 2.18. The molecule has 0 spiro atoms. The fraction of sp³-hybridized carbons (Fsp3) is 0.600. The van der Waals surface area contributed by atoms with Gasteiger partial charge in [-0.25, -0.2) is 0 Å². The molecule has 1 N–H and O–H groups in total. The molecule has 0 aromatic heterocycles. The van der Waals surface area contributed by atoms with Gasteiger partial charge in [0, 0.05) is 4.91 Å². The molecule has 0 heterocycles. The largest absolute Gasteiger partial charge is 0.389 e.